The van der Waals surface area contributed by atoms with E-state index in [1.165, 1.54) is 4.90 Å². The summed E-state index contributed by atoms with van der Waals surface area (Å²) in [6.45, 7) is 3.88. The summed E-state index contributed by atoms with van der Waals surface area (Å²) >= 11 is 0. The minimum Gasteiger partial charge on any atom is -0.497 e. The molecule has 6 heteroatoms. The Bertz CT molecular complexity index is 1440. The third-order valence-electron chi connectivity index (χ3n) is 7.70. The number of ether oxygens (including phenoxy) is 1. The molecule has 6 rings (SSSR count). The normalized spacial score (nSPS) is 24.0. The summed E-state index contributed by atoms with van der Waals surface area (Å²) in [6, 6.07) is 19.3. The number of Topliss-reactive ketones (excluding diaryl/α,β-unsaturated/α-hetero) is 1. The third-order valence-corrected chi connectivity index (χ3v) is 7.70. The van der Waals surface area contributed by atoms with E-state index in [2.05, 4.69) is 0 Å². The van der Waals surface area contributed by atoms with Crippen molar-refractivity contribution in [3.05, 3.63) is 101 Å². The number of nitrogens with zero attached hydrogens (tertiary/aromatic N) is 2. The van der Waals surface area contributed by atoms with Crippen LogP contribution in [0.25, 0.3) is 6.08 Å². The lowest BCUT2D eigenvalue weighted by molar-refractivity contribution is -0.123. The SMILES string of the molecule is COc1ccc(C(=O)C2C3C(=O)N(c4ccc(C)cc4C)C(=O)C3C3c4ccccc4C=CN23)cc1. The second-order valence-electron chi connectivity index (χ2n) is 9.73. The van der Waals surface area contributed by atoms with E-state index in [1.807, 2.05) is 73.5 Å². The minimum atomic E-state index is -0.787. The quantitative estimate of drug-likeness (QED) is 0.401. The molecule has 0 bridgehead atoms. The van der Waals surface area contributed by atoms with Gasteiger partial charge in [0, 0.05) is 11.8 Å². The fourth-order valence-electron chi connectivity index (χ4n) is 6.08. The van der Waals surface area contributed by atoms with Gasteiger partial charge in [0.15, 0.2) is 5.78 Å². The van der Waals surface area contributed by atoms with Crippen molar-refractivity contribution in [3.63, 3.8) is 0 Å². The second-order valence-corrected chi connectivity index (χ2v) is 9.73. The Morgan fingerprint density at radius 3 is 2.33 bits per heavy atom. The number of amides is 2. The summed E-state index contributed by atoms with van der Waals surface area (Å²) in [6.07, 6.45) is 3.83. The summed E-state index contributed by atoms with van der Waals surface area (Å²) in [5.74, 6) is -1.53. The molecule has 0 aromatic heterocycles. The number of hydrogen-bond donors (Lipinski definition) is 0. The van der Waals surface area contributed by atoms with Crippen molar-refractivity contribution >= 4 is 29.4 Å². The molecule has 0 spiro atoms. The van der Waals surface area contributed by atoms with Crippen LogP contribution in [0.5, 0.6) is 5.75 Å². The summed E-state index contributed by atoms with van der Waals surface area (Å²) in [4.78, 5) is 45.2. The van der Waals surface area contributed by atoms with Gasteiger partial charge in [-0.15, -0.1) is 0 Å². The van der Waals surface area contributed by atoms with Crippen LogP contribution >= 0.6 is 0 Å². The van der Waals surface area contributed by atoms with E-state index < -0.39 is 23.9 Å². The Morgan fingerprint density at radius 2 is 1.61 bits per heavy atom. The number of methoxy groups -OCH3 is 1. The van der Waals surface area contributed by atoms with Crippen molar-refractivity contribution in [1.82, 2.24) is 4.90 Å². The first-order valence-corrected chi connectivity index (χ1v) is 12.1. The van der Waals surface area contributed by atoms with E-state index >= 15 is 0 Å². The van der Waals surface area contributed by atoms with Gasteiger partial charge in [0.2, 0.25) is 11.8 Å². The summed E-state index contributed by atoms with van der Waals surface area (Å²) in [7, 11) is 1.57. The lowest BCUT2D eigenvalue weighted by Crippen LogP contribution is -2.44. The highest BCUT2D eigenvalue weighted by atomic mass is 16.5. The topological polar surface area (TPSA) is 66.9 Å². The Hall–Kier alpha value is -4.19. The first kappa shape index (κ1) is 22.3. The molecular weight excluding hydrogens is 452 g/mol. The molecule has 4 unspecified atom stereocenters. The van der Waals surface area contributed by atoms with E-state index in [0.29, 0.717) is 17.0 Å². The van der Waals surface area contributed by atoms with Crippen LogP contribution in [0.15, 0.2) is 72.9 Å². The highest BCUT2D eigenvalue weighted by Gasteiger charge is 2.64. The Balaban J connectivity index is 1.49. The van der Waals surface area contributed by atoms with E-state index in [-0.39, 0.29) is 17.6 Å². The molecule has 3 aliphatic heterocycles. The van der Waals surface area contributed by atoms with Crippen molar-refractivity contribution in [2.45, 2.75) is 25.9 Å². The molecule has 180 valence electrons. The number of carbonyl (C=O) groups excluding carboxylic acids is 3. The van der Waals surface area contributed by atoms with Crippen molar-refractivity contribution in [2.24, 2.45) is 11.8 Å². The molecule has 4 atom stereocenters. The zero-order valence-electron chi connectivity index (χ0n) is 20.3. The van der Waals surface area contributed by atoms with Gasteiger partial charge in [-0.05, 0) is 66.9 Å². The Kier molecular flexibility index (Phi) is 5.07. The maximum absolute atomic E-state index is 14.0. The number of anilines is 1. The van der Waals surface area contributed by atoms with Gasteiger partial charge in [-0.1, -0.05) is 42.0 Å². The number of imide groups is 1. The third kappa shape index (κ3) is 3.14. The van der Waals surface area contributed by atoms with Crippen LogP contribution < -0.4 is 9.64 Å². The number of carbonyl (C=O) groups is 3. The van der Waals surface area contributed by atoms with Crippen LogP contribution in [0.3, 0.4) is 0 Å². The summed E-state index contributed by atoms with van der Waals surface area (Å²) < 4.78 is 5.24. The lowest BCUT2D eigenvalue weighted by Gasteiger charge is -2.35. The maximum atomic E-state index is 14.0. The first-order chi connectivity index (χ1) is 17.4. The van der Waals surface area contributed by atoms with Crippen molar-refractivity contribution in [1.29, 1.82) is 0 Å². The van der Waals surface area contributed by atoms with E-state index in [9.17, 15) is 14.4 Å². The van der Waals surface area contributed by atoms with Gasteiger partial charge in [-0.2, -0.15) is 0 Å². The first-order valence-electron chi connectivity index (χ1n) is 12.1. The predicted octanol–water partition coefficient (Wildman–Crippen LogP) is 4.71. The molecule has 2 amide bonds. The van der Waals surface area contributed by atoms with Gasteiger partial charge in [0.25, 0.3) is 0 Å². The van der Waals surface area contributed by atoms with Crippen LogP contribution in [-0.2, 0) is 9.59 Å². The van der Waals surface area contributed by atoms with Crippen LogP contribution in [0.2, 0.25) is 0 Å². The standard InChI is InChI=1S/C30H26N2O4/c1-17-8-13-23(18(2)16-17)32-29(34)24-25(30(32)35)27(28(33)20-9-11-21(36-3)12-10-20)31-15-14-19-6-4-5-7-22(19)26(24)31/h4-16,24-27H,1-3H3. The fourth-order valence-corrected chi connectivity index (χ4v) is 6.08. The molecule has 0 N–H and O–H groups in total. The smallest absolute Gasteiger partial charge is 0.240 e. The molecule has 3 aromatic rings. The lowest BCUT2D eigenvalue weighted by atomic mass is 9.83. The van der Waals surface area contributed by atoms with E-state index in [4.69, 9.17) is 4.74 Å². The molecule has 3 heterocycles. The average Bonchev–Trinajstić information content (AvgIpc) is 3.36. The van der Waals surface area contributed by atoms with Gasteiger partial charge in [0.05, 0.1) is 30.7 Å². The zero-order chi connectivity index (χ0) is 25.1. The van der Waals surface area contributed by atoms with Crippen LogP contribution in [-0.4, -0.2) is 35.6 Å². The molecule has 36 heavy (non-hydrogen) atoms. The number of rotatable bonds is 4. The second kappa shape index (κ2) is 8.19. The van der Waals surface area contributed by atoms with Crippen molar-refractivity contribution in [3.8, 4) is 5.75 Å². The van der Waals surface area contributed by atoms with Gasteiger partial charge in [-0.3, -0.25) is 14.4 Å². The number of ketones is 1. The molecular formula is C30H26N2O4. The van der Waals surface area contributed by atoms with Crippen LogP contribution in [0, 0.1) is 25.7 Å². The highest BCUT2D eigenvalue weighted by molar-refractivity contribution is 6.25. The van der Waals surface area contributed by atoms with Crippen LogP contribution in [0.4, 0.5) is 5.69 Å². The Morgan fingerprint density at radius 1 is 0.889 bits per heavy atom. The van der Waals surface area contributed by atoms with Gasteiger partial charge in [0.1, 0.15) is 11.8 Å². The van der Waals surface area contributed by atoms with Crippen molar-refractivity contribution in [2.75, 3.05) is 12.0 Å². The van der Waals surface area contributed by atoms with Crippen LogP contribution in [0.1, 0.15) is 38.7 Å². The van der Waals surface area contributed by atoms with E-state index in [1.54, 1.807) is 31.4 Å². The minimum absolute atomic E-state index is 0.178. The van der Waals surface area contributed by atoms with E-state index in [0.717, 1.165) is 22.3 Å². The molecule has 2 saturated heterocycles. The molecule has 0 aliphatic carbocycles. The predicted molar refractivity (Wildman–Crippen MR) is 137 cm³/mol. The number of aryl methyl sites for hydroxylation is 2. The monoisotopic (exact) mass is 478 g/mol. The molecule has 6 nitrogen and oxygen atoms in total. The molecule has 2 fully saturated rings. The summed E-state index contributed by atoms with van der Waals surface area (Å²) in [5, 5.41) is 0. The molecule has 3 aliphatic rings. The average molecular weight is 479 g/mol. The maximum Gasteiger partial charge on any atom is 0.240 e. The largest absolute Gasteiger partial charge is 0.497 e. The number of hydrogen-bond acceptors (Lipinski definition) is 5. The number of fused-ring (bicyclic) bond motifs is 5. The Labute approximate surface area is 209 Å². The zero-order valence-corrected chi connectivity index (χ0v) is 20.3. The van der Waals surface area contributed by atoms with Gasteiger partial charge in [-0.25, -0.2) is 4.90 Å². The van der Waals surface area contributed by atoms with Gasteiger partial charge >= 0.3 is 0 Å². The van der Waals surface area contributed by atoms with Gasteiger partial charge < -0.3 is 9.64 Å². The molecule has 0 saturated carbocycles. The fraction of sp³-hybridized carbons (Fsp3) is 0.233. The summed E-state index contributed by atoms with van der Waals surface area (Å²) in [5.41, 5.74) is 4.95. The highest BCUT2D eigenvalue weighted by Crippen LogP contribution is 2.54. The molecule has 0 radical (unpaired) electrons. The van der Waals surface area contributed by atoms with Crippen molar-refractivity contribution < 1.29 is 19.1 Å². The number of benzene rings is 3. The molecule has 3 aromatic carbocycles.